The molecule has 2 fully saturated rings. The van der Waals surface area contributed by atoms with Gasteiger partial charge in [-0.2, -0.15) is 0 Å². The number of hydrogen-bond donors (Lipinski definition) is 1. The first-order valence-electron chi connectivity index (χ1n) is 8.01. The molecule has 0 aromatic carbocycles. The number of nitrogens with zero attached hydrogens (tertiary/aromatic N) is 4. The number of nitrogens with one attached hydrogen (secondary N) is 1. The Morgan fingerprint density at radius 2 is 2.00 bits per heavy atom. The minimum atomic E-state index is -0.0280. The number of carbonyl (C=O) groups is 1. The average Bonchev–Trinajstić information content (AvgIpc) is 2.62. The van der Waals surface area contributed by atoms with Crippen LogP contribution in [0.25, 0.3) is 0 Å². The van der Waals surface area contributed by atoms with Crippen molar-refractivity contribution in [1.29, 1.82) is 0 Å². The zero-order chi connectivity index (χ0) is 15.9. The summed E-state index contributed by atoms with van der Waals surface area (Å²) in [5.41, 5.74) is 0. The zero-order valence-corrected chi connectivity index (χ0v) is 13.2. The molecule has 0 unspecified atom stereocenters. The lowest BCUT2D eigenvalue weighted by Gasteiger charge is -2.34. The van der Waals surface area contributed by atoms with Gasteiger partial charge in [0, 0.05) is 45.1 Å². The molecule has 3 rings (SSSR count). The number of piperazine rings is 1. The second-order valence-corrected chi connectivity index (χ2v) is 5.68. The molecule has 3 heterocycles. The largest absolute Gasteiger partial charge is 0.376 e. The SMILES string of the molecule is O=C(CN1CCN(c2ncccn2)CC1)NC[C@@H]1COCCO1. The second kappa shape index (κ2) is 8.19. The van der Waals surface area contributed by atoms with Gasteiger partial charge in [0.25, 0.3) is 0 Å². The molecule has 0 saturated carbocycles. The molecule has 0 aliphatic carbocycles. The summed E-state index contributed by atoms with van der Waals surface area (Å²) in [5.74, 6) is 0.787. The van der Waals surface area contributed by atoms with Crippen molar-refractivity contribution in [3.63, 3.8) is 0 Å². The highest BCUT2D eigenvalue weighted by molar-refractivity contribution is 5.78. The van der Waals surface area contributed by atoms with E-state index in [-0.39, 0.29) is 12.0 Å². The van der Waals surface area contributed by atoms with E-state index in [1.54, 1.807) is 12.4 Å². The van der Waals surface area contributed by atoms with Crippen molar-refractivity contribution >= 4 is 11.9 Å². The number of anilines is 1. The van der Waals surface area contributed by atoms with Crippen LogP contribution in [0.2, 0.25) is 0 Å². The lowest BCUT2D eigenvalue weighted by molar-refractivity contribution is -0.125. The van der Waals surface area contributed by atoms with Crippen molar-refractivity contribution < 1.29 is 14.3 Å². The molecule has 1 atom stereocenters. The molecule has 2 aliphatic heterocycles. The Morgan fingerprint density at radius 3 is 2.70 bits per heavy atom. The maximum absolute atomic E-state index is 12.0. The predicted octanol–water partition coefficient (Wildman–Crippen LogP) is -0.870. The van der Waals surface area contributed by atoms with Gasteiger partial charge in [-0.1, -0.05) is 0 Å². The summed E-state index contributed by atoms with van der Waals surface area (Å²) in [6, 6.07) is 1.81. The molecule has 23 heavy (non-hydrogen) atoms. The first kappa shape index (κ1) is 16.1. The summed E-state index contributed by atoms with van der Waals surface area (Å²) in [4.78, 5) is 24.8. The van der Waals surface area contributed by atoms with Crippen LogP contribution in [0.15, 0.2) is 18.5 Å². The topological polar surface area (TPSA) is 79.8 Å². The highest BCUT2D eigenvalue weighted by atomic mass is 16.6. The van der Waals surface area contributed by atoms with Gasteiger partial charge < -0.3 is 19.7 Å². The van der Waals surface area contributed by atoms with Crippen molar-refractivity contribution in [2.75, 3.05) is 64.0 Å². The van der Waals surface area contributed by atoms with E-state index in [2.05, 4.69) is 25.1 Å². The number of amides is 1. The highest BCUT2D eigenvalue weighted by Crippen LogP contribution is 2.09. The summed E-state index contributed by atoms with van der Waals surface area (Å²) in [6.07, 6.45) is 3.47. The van der Waals surface area contributed by atoms with E-state index in [9.17, 15) is 4.79 Å². The van der Waals surface area contributed by atoms with Crippen LogP contribution in [0.3, 0.4) is 0 Å². The van der Waals surface area contributed by atoms with Crippen molar-refractivity contribution in [2.24, 2.45) is 0 Å². The molecule has 0 bridgehead atoms. The summed E-state index contributed by atoms with van der Waals surface area (Å²) in [5, 5.41) is 2.92. The lowest BCUT2D eigenvalue weighted by atomic mass is 10.3. The Hall–Kier alpha value is -1.77. The monoisotopic (exact) mass is 321 g/mol. The van der Waals surface area contributed by atoms with E-state index in [1.165, 1.54) is 0 Å². The van der Waals surface area contributed by atoms with E-state index in [0.717, 1.165) is 32.1 Å². The summed E-state index contributed by atoms with van der Waals surface area (Å²) in [6.45, 7) is 6.03. The van der Waals surface area contributed by atoms with Crippen LogP contribution < -0.4 is 10.2 Å². The van der Waals surface area contributed by atoms with Gasteiger partial charge in [0.15, 0.2) is 0 Å². The van der Waals surface area contributed by atoms with Crippen molar-refractivity contribution in [3.8, 4) is 0 Å². The first-order valence-corrected chi connectivity index (χ1v) is 8.01. The maximum Gasteiger partial charge on any atom is 0.234 e. The van der Waals surface area contributed by atoms with Crippen LogP contribution >= 0.6 is 0 Å². The standard InChI is InChI=1S/C15H23N5O3/c21-14(18-10-13-12-22-8-9-23-13)11-19-4-6-20(7-5-19)15-16-2-1-3-17-15/h1-3,13H,4-12H2,(H,18,21)/t13-/m1/s1. The number of hydrogen-bond acceptors (Lipinski definition) is 7. The van der Waals surface area contributed by atoms with Gasteiger partial charge >= 0.3 is 0 Å². The fourth-order valence-electron chi connectivity index (χ4n) is 2.70. The summed E-state index contributed by atoms with van der Waals surface area (Å²) < 4.78 is 10.8. The fraction of sp³-hybridized carbons (Fsp3) is 0.667. The smallest absolute Gasteiger partial charge is 0.234 e. The molecular formula is C15H23N5O3. The van der Waals surface area contributed by atoms with Gasteiger partial charge in [0.1, 0.15) is 0 Å². The van der Waals surface area contributed by atoms with Gasteiger partial charge in [-0.3, -0.25) is 9.69 Å². The maximum atomic E-state index is 12.0. The van der Waals surface area contributed by atoms with Crippen LogP contribution in [0, 0.1) is 0 Å². The Bertz CT molecular complexity index is 487. The molecule has 0 spiro atoms. The Kier molecular flexibility index (Phi) is 5.73. The minimum absolute atomic E-state index is 0.0280. The third-order valence-electron chi connectivity index (χ3n) is 3.99. The number of rotatable bonds is 5. The quantitative estimate of drug-likeness (QED) is 0.755. The van der Waals surface area contributed by atoms with Gasteiger partial charge in [-0.15, -0.1) is 0 Å². The van der Waals surface area contributed by atoms with Crippen LogP contribution in [0.1, 0.15) is 0 Å². The van der Waals surface area contributed by atoms with E-state index >= 15 is 0 Å². The average molecular weight is 321 g/mol. The van der Waals surface area contributed by atoms with Crippen molar-refractivity contribution in [3.05, 3.63) is 18.5 Å². The first-order chi connectivity index (χ1) is 11.3. The molecule has 0 radical (unpaired) electrons. The summed E-state index contributed by atoms with van der Waals surface area (Å²) in [7, 11) is 0. The molecule has 1 aromatic heterocycles. The Morgan fingerprint density at radius 1 is 1.22 bits per heavy atom. The van der Waals surface area contributed by atoms with Crippen LogP contribution in [0.5, 0.6) is 0 Å². The molecule has 1 aromatic rings. The molecule has 2 aliphatic rings. The molecular weight excluding hydrogens is 298 g/mol. The van der Waals surface area contributed by atoms with E-state index in [1.807, 2.05) is 6.07 Å². The summed E-state index contributed by atoms with van der Waals surface area (Å²) >= 11 is 0. The number of aromatic nitrogens is 2. The molecule has 8 nitrogen and oxygen atoms in total. The highest BCUT2D eigenvalue weighted by Gasteiger charge is 2.21. The van der Waals surface area contributed by atoms with Crippen molar-refractivity contribution in [1.82, 2.24) is 20.2 Å². The minimum Gasteiger partial charge on any atom is -0.376 e. The van der Waals surface area contributed by atoms with Crippen LogP contribution in [0.4, 0.5) is 5.95 Å². The van der Waals surface area contributed by atoms with Crippen LogP contribution in [-0.4, -0.2) is 86.0 Å². The number of ether oxygens (including phenoxy) is 2. The van der Waals surface area contributed by atoms with Crippen LogP contribution in [-0.2, 0) is 14.3 Å². The molecule has 1 amide bonds. The van der Waals surface area contributed by atoms with E-state index in [4.69, 9.17) is 9.47 Å². The molecule has 8 heteroatoms. The number of carbonyl (C=O) groups excluding carboxylic acids is 1. The van der Waals surface area contributed by atoms with Crippen molar-refractivity contribution in [2.45, 2.75) is 6.10 Å². The van der Waals surface area contributed by atoms with E-state index in [0.29, 0.717) is 32.9 Å². The van der Waals surface area contributed by atoms with Gasteiger partial charge in [0.2, 0.25) is 11.9 Å². The predicted molar refractivity (Wildman–Crippen MR) is 84.3 cm³/mol. The third-order valence-corrected chi connectivity index (χ3v) is 3.99. The third kappa shape index (κ3) is 4.85. The Balaban J connectivity index is 1.36. The second-order valence-electron chi connectivity index (χ2n) is 5.68. The van der Waals surface area contributed by atoms with Gasteiger partial charge in [-0.25, -0.2) is 9.97 Å². The normalized spacial score (nSPS) is 22.8. The molecule has 126 valence electrons. The Labute approximate surface area is 135 Å². The van der Waals surface area contributed by atoms with Gasteiger partial charge in [0.05, 0.1) is 32.5 Å². The molecule has 1 N–H and O–H groups in total. The zero-order valence-electron chi connectivity index (χ0n) is 13.2. The molecule has 2 saturated heterocycles. The fourth-order valence-corrected chi connectivity index (χ4v) is 2.70. The van der Waals surface area contributed by atoms with Gasteiger partial charge in [-0.05, 0) is 6.07 Å². The van der Waals surface area contributed by atoms with E-state index < -0.39 is 0 Å². The lowest BCUT2D eigenvalue weighted by Crippen LogP contribution is -2.50.